The maximum absolute atomic E-state index is 12.1. The average Bonchev–Trinajstić information content (AvgIpc) is 2.65. The Kier molecular flexibility index (Phi) is 6.70. The van der Waals surface area contributed by atoms with Gasteiger partial charge < -0.3 is 5.32 Å². The van der Waals surface area contributed by atoms with Crippen molar-refractivity contribution in [2.24, 2.45) is 5.92 Å². The topological polar surface area (TPSA) is 32.3 Å². The van der Waals surface area contributed by atoms with E-state index in [4.69, 9.17) is 11.6 Å². The quantitative estimate of drug-likeness (QED) is 0.815. The highest BCUT2D eigenvalue weighted by Crippen LogP contribution is 2.18. The Balaban J connectivity index is 1.43. The van der Waals surface area contributed by atoms with Crippen molar-refractivity contribution in [2.45, 2.75) is 39.3 Å². The van der Waals surface area contributed by atoms with Gasteiger partial charge in [-0.3, -0.25) is 9.69 Å². The van der Waals surface area contributed by atoms with E-state index in [1.807, 2.05) is 24.3 Å². The number of hydrogen-bond donors (Lipinski definition) is 1. The minimum atomic E-state index is 0.0267. The highest BCUT2D eigenvalue weighted by molar-refractivity contribution is 6.30. The Morgan fingerprint density at radius 2 is 1.58 bits per heavy atom. The Morgan fingerprint density at radius 1 is 1.00 bits per heavy atom. The monoisotopic (exact) mass is 370 g/mol. The zero-order valence-corrected chi connectivity index (χ0v) is 16.1. The van der Waals surface area contributed by atoms with Crippen molar-refractivity contribution in [3.8, 4) is 0 Å². The number of carbonyl (C=O) groups excluding carboxylic acids is 1. The number of carbonyl (C=O) groups is 1. The zero-order chi connectivity index (χ0) is 18.4. The van der Waals surface area contributed by atoms with E-state index < -0.39 is 0 Å². The molecule has 1 aliphatic rings. The van der Waals surface area contributed by atoms with Crippen LogP contribution in [0.3, 0.4) is 0 Å². The third kappa shape index (κ3) is 5.86. The third-order valence-corrected chi connectivity index (χ3v) is 5.33. The number of likely N-dealkylation sites (tertiary alicyclic amines) is 1. The van der Waals surface area contributed by atoms with Crippen molar-refractivity contribution in [2.75, 3.05) is 13.1 Å². The maximum Gasteiger partial charge on any atom is 0.224 e. The third-order valence-electron chi connectivity index (χ3n) is 5.07. The van der Waals surface area contributed by atoms with Crippen molar-refractivity contribution in [3.05, 3.63) is 70.2 Å². The summed E-state index contributed by atoms with van der Waals surface area (Å²) in [7, 11) is 0. The van der Waals surface area contributed by atoms with E-state index >= 15 is 0 Å². The molecule has 0 atom stereocenters. The fraction of sp³-hybridized carbons (Fsp3) is 0.409. The molecule has 0 aliphatic carbocycles. The molecular formula is C22H27ClN2O. The number of hydrogen-bond acceptors (Lipinski definition) is 2. The normalized spacial score (nSPS) is 15.8. The van der Waals surface area contributed by atoms with Gasteiger partial charge in [-0.15, -0.1) is 0 Å². The molecule has 26 heavy (non-hydrogen) atoms. The number of nitrogens with one attached hydrogen (secondary N) is 1. The first-order valence-corrected chi connectivity index (χ1v) is 9.77. The molecule has 2 aromatic rings. The van der Waals surface area contributed by atoms with E-state index in [0.717, 1.165) is 23.6 Å². The summed E-state index contributed by atoms with van der Waals surface area (Å²) < 4.78 is 0. The molecule has 0 bridgehead atoms. The van der Waals surface area contributed by atoms with Gasteiger partial charge in [0.15, 0.2) is 0 Å². The molecule has 0 saturated carbocycles. The van der Waals surface area contributed by atoms with Gasteiger partial charge in [0, 0.05) is 18.1 Å². The lowest BCUT2D eigenvalue weighted by atomic mass is 9.99. The molecule has 0 spiro atoms. The summed E-state index contributed by atoms with van der Waals surface area (Å²) in [5.41, 5.74) is 3.44. The SMILES string of the molecule is CC1CCN(Cc2ccc(CNC(=O)Cc3ccc(Cl)cc3)cc2)CC1. The Bertz CT molecular complexity index is 704. The lowest BCUT2D eigenvalue weighted by Gasteiger charge is -2.30. The number of halogens is 1. The molecule has 4 heteroatoms. The van der Waals surface area contributed by atoms with Crippen LogP contribution in [0.15, 0.2) is 48.5 Å². The molecule has 2 aromatic carbocycles. The van der Waals surface area contributed by atoms with Crippen molar-refractivity contribution in [3.63, 3.8) is 0 Å². The number of rotatable bonds is 6. The van der Waals surface area contributed by atoms with Gasteiger partial charge in [0.2, 0.25) is 5.91 Å². The number of nitrogens with zero attached hydrogens (tertiary/aromatic N) is 1. The van der Waals surface area contributed by atoms with Crippen LogP contribution in [0.1, 0.15) is 36.5 Å². The molecule has 0 radical (unpaired) electrons. The molecule has 0 unspecified atom stereocenters. The first kappa shape index (κ1) is 18.9. The Hall–Kier alpha value is -1.84. The van der Waals surface area contributed by atoms with Gasteiger partial charge in [0.05, 0.1) is 6.42 Å². The van der Waals surface area contributed by atoms with Crippen LogP contribution in [-0.2, 0) is 24.3 Å². The molecule has 1 saturated heterocycles. The molecule has 1 amide bonds. The summed E-state index contributed by atoms with van der Waals surface area (Å²) in [6.07, 6.45) is 2.98. The van der Waals surface area contributed by atoms with E-state index in [0.29, 0.717) is 18.0 Å². The van der Waals surface area contributed by atoms with Crippen molar-refractivity contribution < 1.29 is 4.79 Å². The number of benzene rings is 2. The predicted molar refractivity (Wildman–Crippen MR) is 107 cm³/mol. The van der Waals surface area contributed by atoms with Crippen molar-refractivity contribution in [1.82, 2.24) is 10.2 Å². The van der Waals surface area contributed by atoms with E-state index in [-0.39, 0.29) is 5.91 Å². The van der Waals surface area contributed by atoms with Crippen LogP contribution in [0.5, 0.6) is 0 Å². The van der Waals surface area contributed by atoms with Crippen molar-refractivity contribution >= 4 is 17.5 Å². The van der Waals surface area contributed by atoms with Crippen LogP contribution < -0.4 is 5.32 Å². The molecule has 1 fully saturated rings. The second-order valence-electron chi connectivity index (χ2n) is 7.36. The van der Waals surface area contributed by atoms with Gasteiger partial charge in [0.1, 0.15) is 0 Å². The van der Waals surface area contributed by atoms with E-state index in [1.165, 1.54) is 31.5 Å². The first-order chi connectivity index (χ1) is 12.6. The second kappa shape index (κ2) is 9.20. The van der Waals surface area contributed by atoms with Crippen molar-refractivity contribution in [1.29, 1.82) is 0 Å². The summed E-state index contributed by atoms with van der Waals surface area (Å²) in [6.45, 7) is 6.32. The number of amides is 1. The fourth-order valence-electron chi connectivity index (χ4n) is 3.29. The molecule has 3 rings (SSSR count). The summed E-state index contributed by atoms with van der Waals surface area (Å²) in [6, 6.07) is 16.0. The minimum absolute atomic E-state index is 0.0267. The standard InChI is InChI=1S/C22H27ClN2O/c1-17-10-12-25(13-11-17)16-20-4-2-19(3-5-20)15-24-22(26)14-18-6-8-21(23)9-7-18/h2-9,17H,10-16H2,1H3,(H,24,26). The van der Waals surface area contributed by atoms with Gasteiger partial charge in [0.25, 0.3) is 0 Å². The lowest BCUT2D eigenvalue weighted by molar-refractivity contribution is -0.120. The summed E-state index contributed by atoms with van der Waals surface area (Å²) >= 11 is 5.87. The van der Waals surface area contributed by atoms with Crippen LogP contribution in [0.2, 0.25) is 5.02 Å². The fourth-order valence-corrected chi connectivity index (χ4v) is 3.42. The summed E-state index contributed by atoms with van der Waals surface area (Å²) in [5, 5.41) is 3.67. The average molecular weight is 371 g/mol. The van der Waals surface area contributed by atoms with Crippen LogP contribution in [-0.4, -0.2) is 23.9 Å². The second-order valence-corrected chi connectivity index (χ2v) is 7.79. The van der Waals surface area contributed by atoms with Crippen LogP contribution in [0.4, 0.5) is 0 Å². The van der Waals surface area contributed by atoms with Crippen LogP contribution >= 0.6 is 11.6 Å². The smallest absolute Gasteiger partial charge is 0.224 e. The lowest BCUT2D eigenvalue weighted by Crippen LogP contribution is -2.32. The predicted octanol–water partition coefficient (Wildman–Crippen LogP) is 4.43. The first-order valence-electron chi connectivity index (χ1n) is 9.40. The number of piperidine rings is 1. The largest absolute Gasteiger partial charge is 0.352 e. The van der Waals surface area contributed by atoms with Gasteiger partial charge in [-0.05, 0) is 60.7 Å². The molecule has 0 aromatic heterocycles. The van der Waals surface area contributed by atoms with Gasteiger partial charge >= 0.3 is 0 Å². The highest BCUT2D eigenvalue weighted by Gasteiger charge is 2.15. The molecule has 1 N–H and O–H groups in total. The van der Waals surface area contributed by atoms with Crippen LogP contribution in [0.25, 0.3) is 0 Å². The Morgan fingerprint density at radius 3 is 2.23 bits per heavy atom. The molecular weight excluding hydrogens is 344 g/mol. The highest BCUT2D eigenvalue weighted by atomic mass is 35.5. The maximum atomic E-state index is 12.1. The summed E-state index contributed by atoms with van der Waals surface area (Å²) in [4.78, 5) is 14.6. The van der Waals surface area contributed by atoms with Gasteiger partial charge in [-0.25, -0.2) is 0 Å². The molecule has 138 valence electrons. The Labute approximate surface area is 161 Å². The zero-order valence-electron chi connectivity index (χ0n) is 15.4. The van der Waals surface area contributed by atoms with Crippen LogP contribution in [0, 0.1) is 5.92 Å². The molecule has 1 aliphatic heterocycles. The van der Waals surface area contributed by atoms with Gasteiger partial charge in [-0.1, -0.05) is 54.9 Å². The summed E-state index contributed by atoms with van der Waals surface area (Å²) in [5.74, 6) is 0.893. The minimum Gasteiger partial charge on any atom is -0.352 e. The molecule has 1 heterocycles. The van der Waals surface area contributed by atoms with E-state index in [9.17, 15) is 4.79 Å². The van der Waals surface area contributed by atoms with Gasteiger partial charge in [-0.2, -0.15) is 0 Å². The van der Waals surface area contributed by atoms with E-state index in [1.54, 1.807) is 0 Å². The molecule has 3 nitrogen and oxygen atoms in total. The van der Waals surface area contributed by atoms with E-state index in [2.05, 4.69) is 41.4 Å².